The summed E-state index contributed by atoms with van der Waals surface area (Å²) in [4.78, 5) is 12.3. The molecule has 4 heteroatoms. The summed E-state index contributed by atoms with van der Waals surface area (Å²) in [7, 11) is 0. The smallest absolute Gasteiger partial charge is 0.338 e. The maximum absolute atomic E-state index is 12.3. The summed E-state index contributed by atoms with van der Waals surface area (Å²) < 4.78 is 11.7. The second kappa shape index (κ2) is 13.2. The first-order valence-corrected chi connectivity index (χ1v) is 15.4. The first-order valence-electron chi connectivity index (χ1n) is 15.4. The van der Waals surface area contributed by atoms with Crippen molar-refractivity contribution in [2.45, 2.75) is 97.4 Å². The Balaban J connectivity index is 1.66. The van der Waals surface area contributed by atoms with Crippen LogP contribution in [-0.4, -0.2) is 31.8 Å². The van der Waals surface area contributed by atoms with Crippen LogP contribution in [-0.2, 0) is 15.6 Å². The standard InChI is InChI=1S/C37H49NO3/c1-8-22-41-35(39)28-13-11-27(12-14-28)29-16-18-34(40-23-10-9-21-38-26(2)3)31(24-29)30-15-17-32-33(25-30)37(6,7)20-19-36(32,4)5/h11-18,24-26,38H,8-10,19-23H2,1-7H3. The molecule has 0 unspecified atom stereocenters. The Hall–Kier alpha value is -3.11. The van der Waals surface area contributed by atoms with Crippen molar-refractivity contribution in [1.29, 1.82) is 0 Å². The molecule has 0 aromatic heterocycles. The van der Waals surface area contributed by atoms with E-state index >= 15 is 0 Å². The van der Waals surface area contributed by atoms with Crippen molar-refractivity contribution >= 4 is 5.97 Å². The largest absolute Gasteiger partial charge is 0.493 e. The fourth-order valence-corrected chi connectivity index (χ4v) is 5.69. The van der Waals surface area contributed by atoms with Crippen LogP contribution in [0.4, 0.5) is 0 Å². The van der Waals surface area contributed by atoms with Crippen molar-refractivity contribution in [3.8, 4) is 28.0 Å². The molecule has 0 bridgehead atoms. The number of ether oxygens (including phenoxy) is 2. The van der Waals surface area contributed by atoms with E-state index in [0.717, 1.165) is 48.2 Å². The van der Waals surface area contributed by atoms with Gasteiger partial charge in [-0.05, 0) is 102 Å². The van der Waals surface area contributed by atoms with Crippen LogP contribution < -0.4 is 10.1 Å². The molecule has 3 aromatic carbocycles. The minimum Gasteiger partial charge on any atom is -0.493 e. The second-order valence-electron chi connectivity index (χ2n) is 13.1. The number of hydrogen-bond acceptors (Lipinski definition) is 4. The van der Waals surface area contributed by atoms with Gasteiger partial charge in [-0.25, -0.2) is 4.79 Å². The molecule has 1 aliphatic carbocycles. The van der Waals surface area contributed by atoms with Gasteiger partial charge in [-0.1, -0.05) is 84.9 Å². The fourth-order valence-electron chi connectivity index (χ4n) is 5.69. The number of carbonyl (C=O) groups is 1. The second-order valence-corrected chi connectivity index (χ2v) is 13.1. The monoisotopic (exact) mass is 555 g/mol. The molecule has 41 heavy (non-hydrogen) atoms. The predicted octanol–water partition coefficient (Wildman–Crippen LogP) is 9.09. The van der Waals surface area contributed by atoms with Gasteiger partial charge in [0.1, 0.15) is 5.75 Å². The van der Waals surface area contributed by atoms with E-state index in [2.05, 4.69) is 83.3 Å². The van der Waals surface area contributed by atoms with Crippen LogP contribution in [0.5, 0.6) is 5.75 Å². The molecule has 3 aromatic rings. The predicted molar refractivity (Wildman–Crippen MR) is 171 cm³/mol. The summed E-state index contributed by atoms with van der Waals surface area (Å²) in [5, 5.41) is 3.49. The average molecular weight is 556 g/mol. The van der Waals surface area contributed by atoms with E-state index in [1.54, 1.807) is 0 Å². The van der Waals surface area contributed by atoms with Gasteiger partial charge in [0.05, 0.1) is 18.8 Å². The van der Waals surface area contributed by atoms with Gasteiger partial charge in [-0.15, -0.1) is 0 Å². The van der Waals surface area contributed by atoms with Gasteiger partial charge in [0.25, 0.3) is 0 Å². The molecule has 0 atom stereocenters. The number of unbranched alkanes of at least 4 members (excludes halogenated alkanes) is 1. The molecule has 0 amide bonds. The first-order chi connectivity index (χ1) is 19.5. The van der Waals surface area contributed by atoms with Crippen molar-refractivity contribution < 1.29 is 14.3 Å². The lowest BCUT2D eigenvalue weighted by Crippen LogP contribution is -2.33. The minimum atomic E-state index is -0.272. The molecule has 1 aliphatic rings. The van der Waals surface area contributed by atoms with Gasteiger partial charge in [-0.2, -0.15) is 0 Å². The van der Waals surface area contributed by atoms with Crippen molar-refractivity contribution in [1.82, 2.24) is 5.32 Å². The minimum absolute atomic E-state index is 0.130. The molecule has 1 N–H and O–H groups in total. The highest BCUT2D eigenvalue weighted by atomic mass is 16.5. The molecular formula is C37H49NO3. The van der Waals surface area contributed by atoms with Crippen molar-refractivity contribution in [3.05, 3.63) is 77.4 Å². The summed E-state index contributed by atoms with van der Waals surface area (Å²) in [6.45, 7) is 18.0. The Morgan fingerprint density at radius 3 is 2.15 bits per heavy atom. The van der Waals surface area contributed by atoms with Gasteiger partial charge >= 0.3 is 5.97 Å². The molecule has 0 heterocycles. The number of rotatable bonds is 12. The van der Waals surface area contributed by atoms with Crippen LogP contribution in [0.2, 0.25) is 0 Å². The molecule has 4 rings (SSSR count). The van der Waals surface area contributed by atoms with E-state index < -0.39 is 0 Å². The topological polar surface area (TPSA) is 47.6 Å². The Labute approximate surface area is 247 Å². The number of benzene rings is 3. The summed E-state index contributed by atoms with van der Waals surface area (Å²) in [6, 6.07) is 21.7. The van der Waals surface area contributed by atoms with E-state index in [4.69, 9.17) is 9.47 Å². The SMILES string of the molecule is CCCOC(=O)c1ccc(-c2ccc(OCCCCNC(C)C)c(-c3ccc4c(c3)C(C)(C)CCC4(C)C)c2)cc1. The van der Waals surface area contributed by atoms with E-state index in [0.29, 0.717) is 24.8 Å². The third kappa shape index (κ3) is 7.60. The lowest BCUT2D eigenvalue weighted by molar-refractivity contribution is 0.0505. The molecule has 0 radical (unpaired) electrons. The number of fused-ring (bicyclic) bond motifs is 1. The lowest BCUT2D eigenvalue weighted by atomic mass is 9.63. The Bertz CT molecular complexity index is 1320. The maximum atomic E-state index is 12.3. The van der Waals surface area contributed by atoms with Crippen LogP contribution in [0, 0.1) is 0 Å². The summed E-state index contributed by atoms with van der Waals surface area (Å²) in [5.74, 6) is 0.643. The quantitative estimate of drug-likeness (QED) is 0.179. The molecule has 0 saturated heterocycles. The van der Waals surface area contributed by atoms with Gasteiger partial charge < -0.3 is 14.8 Å². The highest BCUT2D eigenvalue weighted by Crippen LogP contribution is 2.47. The zero-order chi connectivity index (χ0) is 29.6. The van der Waals surface area contributed by atoms with E-state index in [1.165, 1.54) is 29.5 Å². The molecule has 4 nitrogen and oxygen atoms in total. The maximum Gasteiger partial charge on any atom is 0.338 e. The lowest BCUT2D eigenvalue weighted by Gasteiger charge is -2.42. The van der Waals surface area contributed by atoms with E-state index in [-0.39, 0.29) is 16.8 Å². The Morgan fingerprint density at radius 2 is 1.46 bits per heavy atom. The van der Waals surface area contributed by atoms with Crippen LogP contribution in [0.1, 0.15) is 102 Å². The van der Waals surface area contributed by atoms with E-state index in [1.807, 2.05) is 31.2 Å². The van der Waals surface area contributed by atoms with Gasteiger partial charge in [0.15, 0.2) is 0 Å². The summed E-state index contributed by atoms with van der Waals surface area (Å²) in [5.41, 5.74) is 8.23. The summed E-state index contributed by atoms with van der Waals surface area (Å²) >= 11 is 0. The highest BCUT2D eigenvalue weighted by molar-refractivity contribution is 5.90. The van der Waals surface area contributed by atoms with Gasteiger partial charge in [0.2, 0.25) is 0 Å². The average Bonchev–Trinajstić information content (AvgIpc) is 2.96. The van der Waals surface area contributed by atoms with Crippen LogP contribution in [0.25, 0.3) is 22.3 Å². The normalized spacial score (nSPS) is 15.4. The number of esters is 1. The number of carbonyl (C=O) groups excluding carboxylic acids is 1. The Kier molecular flexibility index (Phi) is 9.96. The molecule has 220 valence electrons. The zero-order valence-corrected chi connectivity index (χ0v) is 26.2. The van der Waals surface area contributed by atoms with Crippen molar-refractivity contribution in [2.75, 3.05) is 19.8 Å². The molecule has 0 aliphatic heterocycles. The molecule has 0 spiro atoms. The van der Waals surface area contributed by atoms with Gasteiger partial charge in [0, 0.05) is 11.6 Å². The fraction of sp³-hybridized carbons (Fsp3) is 0.486. The third-order valence-electron chi connectivity index (χ3n) is 8.42. The first kappa shape index (κ1) is 30.8. The number of hydrogen-bond donors (Lipinski definition) is 1. The molecule has 0 fully saturated rings. The summed E-state index contributed by atoms with van der Waals surface area (Å²) in [6.07, 6.45) is 5.27. The van der Waals surface area contributed by atoms with Crippen molar-refractivity contribution in [2.24, 2.45) is 0 Å². The van der Waals surface area contributed by atoms with Crippen molar-refractivity contribution in [3.63, 3.8) is 0 Å². The van der Waals surface area contributed by atoms with Crippen LogP contribution >= 0.6 is 0 Å². The zero-order valence-electron chi connectivity index (χ0n) is 26.2. The third-order valence-corrected chi connectivity index (χ3v) is 8.42. The van der Waals surface area contributed by atoms with Gasteiger partial charge in [-0.3, -0.25) is 0 Å². The van der Waals surface area contributed by atoms with Crippen LogP contribution in [0.15, 0.2) is 60.7 Å². The Morgan fingerprint density at radius 1 is 0.805 bits per heavy atom. The highest BCUT2D eigenvalue weighted by Gasteiger charge is 2.37. The molecule has 0 saturated carbocycles. The number of nitrogens with one attached hydrogen (secondary N) is 1. The van der Waals surface area contributed by atoms with E-state index in [9.17, 15) is 4.79 Å². The van der Waals surface area contributed by atoms with Crippen LogP contribution in [0.3, 0.4) is 0 Å². The molecular weight excluding hydrogens is 506 g/mol.